The summed E-state index contributed by atoms with van der Waals surface area (Å²) in [6.45, 7) is 4.32. The third-order valence-corrected chi connectivity index (χ3v) is 3.02. The number of aromatic amines is 1. The smallest absolute Gasteiger partial charge is 0.132 e. The number of rotatable bonds is 3. The highest BCUT2D eigenvalue weighted by Gasteiger charge is 2.26. The minimum Gasteiger partial charge on any atom is -0.388 e. The zero-order chi connectivity index (χ0) is 10.1. The van der Waals surface area contributed by atoms with Crippen molar-refractivity contribution in [3.05, 3.63) is 17.2 Å². The van der Waals surface area contributed by atoms with Crippen LogP contribution in [0.2, 0.25) is 0 Å². The first-order valence-corrected chi connectivity index (χ1v) is 5.42. The number of aliphatic hydroxyl groups excluding tert-OH is 1. The molecule has 1 heterocycles. The van der Waals surface area contributed by atoms with E-state index in [0.29, 0.717) is 11.8 Å². The van der Waals surface area contributed by atoms with Crippen LogP contribution in [0.15, 0.2) is 0 Å². The molecular weight excluding hydrogens is 176 g/mol. The van der Waals surface area contributed by atoms with Crippen molar-refractivity contribution in [2.75, 3.05) is 0 Å². The van der Waals surface area contributed by atoms with Gasteiger partial charge in [-0.2, -0.15) is 0 Å². The summed E-state index contributed by atoms with van der Waals surface area (Å²) in [5, 5.41) is 9.04. The molecule has 3 nitrogen and oxygen atoms in total. The molecular formula is C11H18N2O. The molecule has 0 aliphatic heterocycles. The van der Waals surface area contributed by atoms with Gasteiger partial charge in [0.25, 0.3) is 0 Å². The standard InChI is InChI=1S/C11H18N2O/c1-7(2)10-11(8-4-3-5-8)13-9(6-14)12-10/h7-8,14H,3-6H2,1-2H3,(H,12,13). The third-order valence-electron chi connectivity index (χ3n) is 3.02. The highest BCUT2D eigenvalue weighted by atomic mass is 16.3. The zero-order valence-corrected chi connectivity index (χ0v) is 8.88. The van der Waals surface area contributed by atoms with Crippen molar-refractivity contribution in [1.29, 1.82) is 0 Å². The summed E-state index contributed by atoms with van der Waals surface area (Å²) in [5.74, 6) is 1.83. The van der Waals surface area contributed by atoms with Crippen molar-refractivity contribution in [1.82, 2.24) is 9.97 Å². The quantitative estimate of drug-likeness (QED) is 0.775. The Labute approximate surface area is 84.6 Å². The van der Waals surface area contributed by atoms with Crippen molar-refractivity contribution in [2.24, 2.45) is 0 Å². The van der Waals surface area contributed by atoms with Crippen molar-refractivity contribution in [3.8, 4) is 0 Å². The molecule has 14 heavy (non-hydrogen) atoms. The molecule has 2 rings (SSSR count). The molecule has 0 aromatic carbocycles. The number of aliphatic hydroxyl groups is 1. The highest BCUT2D eigenvalue weighted by Crippen LogP contribution is 2.38. The van der Waals surface area contributed by atoms with Crippen LogP contribution in [0.5, 0.6) is 0 Å². The first-order chi connectivity index (χ1) is 6.72. The van der Waals surface area contributed by atoms with Gasteiger partial charge in [0.15, 0.2) is 0 Å². The summed E-state index contributed by atoms with van der Waals surface area (Å²) < 4.78 is 0. The number of hydrogen-bond acceptors (Lipinski definition) is 2. The first kappa shape index (κ1) is 9.71. The Morgan fingerprint density at radius 3 is 2.64 bits per heavy atom. The largest absolute Gasteiger partial charge is 0.388 e. The van der Waals surface area contributed by atoms with E-state index in [9.17, 15) is 0 Å². The molecule has 2 N–H and O–H groups in total. The van der Waals surface area contributed by atoms with Gasteiger partial charge >= 0.3 is 0 Å². The van der Waals surface area contributed by atoms with Gasteiger partial charge in [-0.25, -0.2) is 4.98 Å². The molecule has 1 aromatic rings. The van der Waals surface area contributed by atoms with Crippen LogP contribution >= 0.6 is 0 Å². The van der Waals surface area contributed by atoms with Crippen LogP contribution < -0.4 is 0 Å². The molecule has 78 valence electrons. The molecule has 1 aliphatic carbocycles. The van der Waals surface area contributed by atoms with Crippen LogP contribution in [0.1, 0.15) is 62.2 Å². The average molecular weight is 194 g/mol. The maximum atomic E-state index is 9.04. The summed E-state index contributed by atoms with van der Waals surface area (Å²) in [5.41, 5.74) is 2.43. The maximum absolute atomic E-state index is 9.04. The summed E-state index contributed by atoms with van der Waals surface area (Å²) in [6.07, 6.45) is 3.87. The Hall–Kier alpha value is -0.830. The number of nitrogens with one attached hydrogen (secondary N) is 1. The highest BCUT2D eigenvalue weighted by molar-refractivity contribution is 5.23. The van der Waals surface area contributed by atoms with E-state index in [4.69, 9.17) is 5.11 Å². The second kappa shape index (κ2) is 3.73. The lowest BCUT2D eigenvalue weighted by Gasteiger charge is -2.25. The summed E-state index contributed by atoms with van der Waals surface area (Å²) in [4.78, 5) is 7.68. The predicted octanol–water partition coefficient (Wildman–Crippen LogP) is 2.29. The zero-order valence-electron chi connectivity index (χ0n) is 8.88. The molecule has 1 fully saturated rings. The molecule has 0 amide bonds. The Morgan fingerprint density at radius 1 is 1.50 bits per heavy atom. The number of imidazole rings is 1. The van der Waals surface area contributed by atoms with Crippen LogP contribution in [0.4, 0.5) is 0 Å². The molecule has 0 atom stereocenters. The number of aromatic nitrogens is 2. The van der Waals surface area contributed by atoms with E-state index in [1.807, 2.05) is 0 Å². The lowest BCUT2D eigenvalue weighted by Crippen LogP contribution is -2.11. The number of H-pyrrole nitrogens is 1. The molecule has 1 aromatic heterocycles. The van der Waals surface area contributed by atoms with Crippen LogP contribution in [-0.4, -0.2) is 15.1 Å². The van der Waals surface area contributed by atoms with Gasteiger partial charge in [0.2, 0.25) is 0 Å². The molecule has 0 unspecified atom stereocenters. The lowest BCUT2D eigenvalue weighted by atomic mass is 9.81. The van der Waals surface area contributed by atoms with Crippen LogP contribution in [0.25, 0.3) is 0 Å². The van der Waals surface area contributed by atoms with Gasteiger partial charge < -0.3 is 10.1 Å². The van der Waals surface area contributed by atoms with E-state index >= 15 is 0 Å². The van der Waals surface area contributed by atoms with Crippen molar-refractivity contribution in [3.63, 3.8) is 0 Å². The first-order valence-electron chi connectivity index (χ1n) is 5.42. The van der Waals surface area contributed by atoms with E-state index < -0.39 is 0 Å². The fourth-order valence-electron chi connectivity index (χ4n) is 1.98. The topological polar surface area (TPSA) is 48.9 Å². The lowest BCUT2D eigenvalue weighted by molar-refractivity contribution is 0.272. The Morgan fingerprint density at radius 2 is 2.21 bits per heavy atom. The molecule has 3 heteroatoms. The van der Waals surface area contributed by atoms with Crippen molar-refractivity contribution < 1.29 is 5.11 Å². The van der Waals surface area contributed by atoms with E-state index in [-0.39, 0.29) is 6.61 Å². The Kier molecular flexibility index (Phi) is 2.59. The van der Waals surface area contributed by atoms with E-state index in [0.717, 1.165) is 11.5 Å². The summed E-state index contributed by atoms with van der Waals surface area (Å²) in [7, 11) is 0. The summed E-state index contributed by atoms with van der Waals surface area (Å²) >= 11 is 0. The van der Waals surface area contributed by atoms with E-state index in [1.165, 1.54) is 25.0 Å². The fraction of sp³-hybridized carbons (Fsp3) is 0.727. The molecule has 0 radical (unpaired) electrons. The van der Waals surface area contributed by atoms with E-state index in [1.54, 1.807) is 0 Å². The molecule has 0 spiro atoms. The van der Waals surface area contributed by atoms with E-state index in [2.05, 4.69) is 23.8 Å². The fourth-order valence-corrected chi connectivity index (χ4v) is 1.98. The van der Waals surface area contributed by atoms with Gasteiger partial charge in [0, 0.05) is 11.6 Å². The number of nitrogens with zero attached hydrogens (tertiary/aromatic N) is 1. The minimum absolute atomic E-state index is 0.0203. The molecule has 1 aliphatic rings. The van der Waals surface area contributed by atoms with Gasteiger partial charge in [-0.15, -0.1) is 0 Å². The van der Waals surface area contributed by atoms with Gasteiger partial charge in [-0.3, -0.25) is 0 Å². The normalized spacial score (nSPS) is 17.4. The van der Waals surface area contributed by atoms with Crippen molar-refractivity contribution in [2.45, 2.75) is 51.6 Å². The van der Waals surface area contributed by atoms with Gasteiger partial charge in [0.1, 0.15) is 12.4 Å². The second-order valence-corrected chi connectivity index (χ2v) is 4.42. The average Bonchev–Trinajstić information content (AvgIpc) is 2.45. The second-order valence-electron chi connectivity index (χ2n) is 4.42. The molecule has 0 bridgehead atoms. The summed E-state index contributed by atoms with van der Waals surface area (Å²) in [6, 6.07) is 0. The van der Waals surface area contributed by atoms with Crippen molar-refractivity contribution >= 4 is 0 Å². The van der Waals surface area contributed by atoms with Gasteiger partial charge in [0.05, 0.1) is 5.69 Å². The van der Waals surface area contributed by atoms with Gasteiger partial charge in [-0.05, 0) is 18.8 Å². The van der Waals surface area contributed by atoms with Gasteiger partial charge in [-0.1, -0.05) is 20.3 Å². The number of hydrogen-bond donors (Lipinski definition) is 2. The molecule has 1 saturated carbocycles. The van der Waals surface area contributed by atoms with Crippen LogP contribution in [-0.2, 0) is 6.61 Å². The van der Waals surface area contributed by atoms with Crippen LogP contribution in [0.3, 0.4) is 0 Å². The Bertz CT molecular complexity index is 313. The molecule has 0 saturated heterocycles. The monoisotopic (exact) mass is 194 g/mol. The maximum Gasteiger partial charge on any atom is 0.132 e. The third kappa shape index (κ3) is 1.57. The minimum atomic E-state index is 0.0203. The van der Waals surface area contributed by atoms with Crippen LogP contribution in [0, 0.1) is 0 Å². The predicted molar refractivity (Wildman–Crippen MR) is 55.2 cm³/mol. The SMILES string of the molecule is CC(C)c1nc(CO)[nH]c1C1CCC1. The Balaban J connectivity index is 2.30.